The van der Waals surface area contributed by atoms with Crippen LogP contribution < -0.4 is 0 Å². The van der Waals surface area contributed by atoms with E-state index >= 15 is 0 Å². The topological polar surface area (TPSA) is 57.7 Å². The quantitative estimate of drug-likeness (QED) is 0.845. The average Bonchev–Trinajstić information content (AvgIpc) is 2.89. The number of benzene rings is 1. The lowest BCUT2D eigenvalue weighted by molar-refractivity contribution is 0.0792. The third-order valence-electron chi connectivity index (χ3n) is 3.93. The van der Waals surface area contributed by atoms with E-state index in [9.17, 15) is 13.2 Å². The fourth-order valence-electron chi connectivity index (χ4n) is 2.57. The van der Waals surface area contributed by atoms with Crippen molar-refractivity contribution in [2.45, 2.75) is 24.2 Å². The van der Waals surface area contributed by atoms with E-state index in [1.54, 1.807) is 23.1 Å². The summed E-state index contributed by atoms with van der Waals surface area (Å²) >= 11 is 0. The summed E-state index contributed by atoms with van der Waals surface area (Å²) in [5.74, 6) is -0.0665. The Bertz CT molecular complexity index is 617. The van der Waals surface area contributed by atoms with Crippen LogP contribution in [-0.4, -0.2) is 49.7 Å². The Labute approximate surface area is 119 Å². The molecule has 0 N–H and O–H groups in total. The van der Waals surface area contributed by atoms with Gasteiger partial charge in [-0.2, -0.15) is 4.31 Å². The largest absolute Gasteiger partial charge is 0.339 e. The summed E-state index contributed by atoms with van der Waals surface area (Å²) < 4.78 is 26.1. The Morgan fingerprint density at radius 3 is 2.30 bits per heavy atom. The third-order valence-corrected chi connectivity index (χ3v) is 5.82. The number of sulfonamides is 1. The maximum absolute atomic E-state index is 12.3. The number of likely N-dealkylation sites (tertiary alicyclic amines) is 1. The molecular formula is C14H18N2O3S. The molecule has 3 rings (SSSR count). The van der Waals surface area contributed by atoms with E-state index in [2.05, 4.69) is 0 Å². The van der Waals surface area contributed by atoms with Gasteiger partial charge in [0.05, 0.1) is 4.90 Å². The SMILES string of the molecule is O=C(c1cccc(S(=O)(=O)N2CCC2)c1)N1CCCC1. The molecule has 0 unspecified atom stereocenters. The summed E-state index contributed by atoms with van der Waals surface area (Å²) in [6, 6.07) is 6.41. The van der Waals surface area contributed by atoms with Crippen LogP contribution in [0.2, 0.25) is 0 Å². The number of hydrogen-bond acceptors (Lipinski definition) is 3. The third kappa shape index (κ3) is 2.33. The van der Waals surface area contributed by atoms with Gasteiger partial charge >= 0.3 is 0 Å². The van der Waals surface area contributed by atoms with Gasteiger partial charge in [0.25, 0.3) is 5.91 Å². The molecule has 0 bridgehead atoms. The van der Waals surface area contributed by atoms with Crippen molar-refractivity contribution in [2.24, 2.45) is 0 Å². The fourth-order valence-corrected chi connectivity index (χ4v) is 4.13. The Hall–Kier alpha value is -1.40. The number of nitrogens with zero attached hydrogens (tertiary/aromatic N) is 2. The van der Waals surface area contributed by atoms with Gasteiger partial charge in [-0.05, 0) is 37.5 Å². The van der Waals surface area contributed by atoms with E-state index in [4.69, 9.17) is 0 Å². The van der Waals surface area contributed by atoms with E-state index in [0.717, 1.165) is 32.4 Å². The van der Waals surface area contributed by atoms with E-state index in [-0.39, 0.29) is 10.8 Å². The van der Waals surface area contributed by atoms with Gasteiger partial charge in [-0.3, -0.25) is 4.79 Å². The highest BCUT2D eigenvalue weighted by molar-refractivity contribution is 7.89. The Balaban J connectivity index is 1.87. The zero-order chi connectivity index (χ0) is 14.2. The number of hydrogen-bond donors (Lipinski definition) is 0. The first kappa shape index (κ1) is 13.6. The Morgan fingerprint density at radius 2 is 1.70 bits per heavy atom. The number of carbonyl (C=O) groups is 1. The van der Waals surface area contributed by atoms with Gasteiger partial charge in [0.15, 0.2) is 0 Å². The second kappa shape index (κ2) is 5.18. The standard InChI is InChI=1S/C14H18N2O3S/c17-14(15-7-1-2-8-15)12-5-3-6-13(11-12)20(18,19)16-9-4-10-16/h3,5-6,11H,1-2,4,7-10H2. The van der Waals surface area contributed by atoms with Crippen molar-refractivity contribution in [1.29, 1.82) is 0 Å². The fraction of sp³-hybridized carbons (Fsp3) is 0.500. The van der Waals surface area contributed by atoms with Crippen LogP contribution in [0, 0.1) is 0 Å². The highest BCUT2D eigenvalue weighted by Crippen LogP contribution is 2.22. The molecule has 2 heterocycles. The summed E-state index contributed by atoms with van der Waals surface area (Å²) in [6.07, 6.45) is 2.96. The second-order valence-corrected chi connectivity index (χ2v) is 7.22. The van der Waals surface area contributed by atoms with Crippen LogP contribution in [0.25, 0.3) is 0 Å². The first-order chi connectivity index (χ1) is 9.59. The maximum Gasteiger partial charge on any atom is 0.253 e. The molecule has 0 aliphatic carbocycles. The zero-order valence-electron chi connectivity index (χ0n) is 11.3. The molecule has 2 aliphatic heterocycles. The van der Waals surface area contributed by atoms with Crippen LogP contribution in [-0.2, 0) is 10.0 Å². The molecule has 1 aromatic rings. The molecule has 2 fully saturated rings. The van der Waals surface area contributed by atoms with Crippen LogP contribution in [0.15, 0.2) is 29.2 Å². The van der Waals surface area contributed by atoms with Crippen LogP contribution in [0.5, 0.6) is 0 Å². The molecular weight excluding hydrogens is 276 g/mol. The van der Waals surface area contributed by atoms with E-state index in [1.165, 1.54) is 10.4 Å². The first-order valence-electron chi connectivity index (χ1n) is 6.98. The molecule has 5 nitrogen and oxygen atoms in total. The lowest BCUT2D eigenvalue weighted by Gasteiger charge is -2.29. The Morgan fingerprint density at radius 1 is 1.00 bits per heavy atom. The van der Waals surface area contributed by atoms with Crippen molar-refractivity contribution in [3.05, 3.63) is 29.8 Å². The van der Waals surface area contributed by atoms with Crippen molar-refractivity contribution in [3.63, 3.8) is 0 Å². The van der Waals surface area contributed by atoms with Gasteiger partial charge in [0, 0.05) is 31.7 Å². The minimum Gasteiger partial charge on any atom is -0.339 e. The maximum atomic E-state index is 12.3. The van der Waals surface area contributed by atoms with Gasteiger partial charge in [0.1, 0.15) is 0 Å². The van der Waals surface area contributed by atoms with Crippen LogP contribution in [0.4, 0.5) is 0 Å². The number of rotatable bonds is 3. The van der Waals surface area contributed by atoms with Gasteiger partial charge in [-0.15, -0.1) is 0 Å². The smallest absolute Gasteiger partial charge is 0.253 e. The van der Waals surface area contributed by atoms with Gasteiger partial charge in [-0.25, -0.2) is 8.42 Å². The summed E-state index contributed by atoms with van der Waals surface area (Å²) in [5.41, 5.74) is 0.466. The summed E-state index contributed by atoms with van der Waals surface area (Å²) in [7, 11) is -3.42. The molecule has 0 spiro atoms. The van der Waals surface area contributed by atoms with E-state index in [1.807, 2.05) is 0 Å². The molecule has 0 atom stereocenters. The van der Waals surface area contributed by atoms with Gasteiger partial charge in [-0.1, -0.05) is 6.07 Å². The molecule has 1 aromatic carbocycles. The van der Waals surface area contributed by atoms with Crippen molar-refractivity contribution < 1.29 is 13.2 Å². The van der Waals surface area contributed by atoms with Crippen molar-refractivity contribution in [3.8, 4) is 0 Å². The van der Waals surface area contributed by atoms with Crippen LogP contribution in [0.3, 0.4) is 0 Å². The summed E-state index contributed by atoms with van der Waals surface area (Å²) in [6.45, 7) is 2.68. The Kier molecular flexibility index (Phi) is 3.52. The second-order valence-electron chi connectivity index (χ2n) is 5.28. The first-order valence-corrected chi connectivity index (χ1v) is 8.42. The molecule has 6 heteroatoms. The number of amides is 1. The van der Waals surface area contributed by atoms with Crippen molar-refractivity contribution >= 4 is 15.9 Å². The van der Waals surface area contributed by atoms with Crippen molar-refractivity contribution in [2.75, 3.05) is 26.2 Å². The summed E-state index contributed by atoms with van der Waals surface area (Å²) in [5, 5.41) is 0. The van der Waals surface area contributed by atoms with Gasteiger partial charge < -0.3 is 4.90 Å². The van der Waals surface area contributed by atoms with Crippen LogP contribution in [0.1, 0.15) is 29.6 Å². The normalized spacial score (nSPS) is 19.9. The molecule has 1 amide bonds. The molecule has 0 saturated carbocycles. The lowest BCUT2D eigenvalue weighted by Crippen LogP contribution is -2.42. The average molecular weight is 294 g/mol. The number of carbonyl (C=O) groups excluding carboxylic acids is 1. The van der Waals surface area contributed by atoms with Crippen LogP contribution >= 0.6 is 0 Å². The monoisotopic (exact) mass is 294 g/mol. The highest BCUT2D eigenvalue weighted by Gasteiger charge is 2.30. The molecule has 2 aliphatic rings. The predicted octanol–water partition coefficient (Wildman–Crippen LogP) is 1.32. The molecule has 108 valence electrons. The summed E-state index contributed by atoms with van der Waals surface area (Å²) in [4.78, 5) is 14.3. The molecule has 0 radical (unpaired) electrons. The van der Waals surface area contributed by atoms with E-state index < -0.39 is 10.0 Å². The molecule has 0 aromatic heterocycles. The molecule has 2 saturated heterocycles. The zero-order valence-corrected chi connectivity index (χ0v) is 12.1. The minimum atomic E-state index is -3.42. The van der Waals surface area contributed by atoms with Crippen molar-refractivity contribution in [1.82, 2.24) is 9.21 Å². The predicted molar refractivity (Wildman–Crippen MR) is 75.0 cm³/mol. The minimum absolute atomic E-state index is 0.0665. The molecule has 20 heavy (non-hydrogen) atoms. The van der Waals surface area contributed by atoms with E-state index in [0.29, 0.717) is 18.7 Å². The lowest BCUT2D eigenvalue weighted by atomic mass is 10.2. The van der Waals surface area contributed by atoms with Gasteiger partial charge in [0.2, 0.25) is 10.0 Å². The highest BCUT2D eigenvalue weighted by atomic mass is 32.2.